The van der Waals surface area contributed by atoms with E-state index in [9.17, 15) is 9.59 Å². The fourth-order valence-electron chi connectivity index (χ4n) is 2.91. The van der Waals surface area contributed by atoms with Crippen molar-refractivity contribution in [3.8, 4) is 0 Å². The van der Waals surface area contributed by atoms with E-state index in [0.29, 0.717) is 17.1 Å². The van der Waals surface area contributed by atoms with E-state index >= 15 is 0 Å². The SMILES string of the molecule is CCc1cc2c(=O)n(CCc3ccccc3)c(SCC(=O)NC(C)C)nc2s1. The molecule has 0 atom stereocenters. The standard InChI is InChI=1S/C21H25N3O2S2/c1-4-16-12-17-19(28-16)23-21(27-13-18(25)22-14(2)3)24(20(17)26)11-10-15-8-6-5-7-9-15/h5-9,12,14H,4,10-11,13H2,1-3H3,(H,22,25). The summed E-state index contributed by atoms with van der Waals surface area (Å²) in [5.41, 5.74) is 1.14. The van der Waals surface area contributed by atoms with E-state index in [4.69, 9.17) is 4.98 Å². The van der Waals surface area contributed by atoms with Crippen LogP contribution in [-0.2, 0) is 24.2 Å². The third-order valence-electron chi connectivity index (χ3n) is 4.26. The van der Waals surface area contributed by atoms with Crippen molar-refractivity contribution in [1.82, 2.24) is 14.9 Å². The number of carbonyl (C=O) groups is 1. The predicted molar refractivity (Wildman–Crippen MR) is 117 cm³/mol. The first-order chi connectivity index (χ1) is 13.5. The Labute approximate surface area is 173 Å². The molecule has 2 heterocycles. The highest BCUT2D eigenvalue weighted by Gasteiger charge is 2.16. The zero-order valence-corrected chi connectivity index (χ0v) is 18.0. The minimum atomic E-state index is -0.0515. The number of thiophene rings is 1. The maximum absolute atomic E-state index is 13.1. The number of hydrogen-bond donors (Lipinski definition) is 1. The first-order valence-corrected chi connectivity index (χ1v) is 11.3. The monoisotopic (exact) mass is 415 g/mol. The second-order valence-electron chi connectivity index (χ2n) is 6.88. The molecule has 2 aromatic heterocycles. The second-order valence-corrected chi connectivity index (χ2v) is 8.94. The number of carbonyl (C=O) groups excluding carboxylic acids is 1. The molecule has 0 fully saturated rings. The summed E-state index contributed by atoms with van der Waals surface area (Å²) in [6, 6.07) is 12.1. The van der Waals surface area contributed by atoms with E-state index in [1.54, 1.807) is 15.9 Å². The summed E-state index contributed by atoms with van der Waals surface area (Å²) < 4.78 is 1.72. The second kappa shape index (κ2) is 9.39. The van der Waals surface area contributed by atoms with Crippen LogP contribution in [0.25, 0.3) is 10.2 Å². The summed E-state index contributed by atoms with van der Waals surface area (Å²) in [7, 11) is 0. The number of aromatic nitrogens is 2. The highest BCUT2D eigenvalue weighted by molar-refractivity contribution is 7.99. The van der Waals surface area contributed by atoms with Gasteiger partial charge in [0, 0.05) is 17.5 Å². The van der Waals surface area contributed by atoms with Gasteiger partial charge < -0.3 is 5.32 Å². The van der Waals surface area contributed by atoms with Gasteiger partial charge in [-0.05, 0) is 38.3 Å². The van der Waals surface area contributed by atoms with Crippen molar-refractivity contribution >= 4 is 39.2 Å². The summed E-state index contributed by atoms with van der Waals surface area (Å²) in [6.07, 6.45) is 1.62. The van der Waals surface area contributed by atoms with Crippen LogP contribution >= 0.6 is 23.1 Å². The molecular formula is C21H25N3O2S2. The summed E-state index contributed by atoms with van der Waals surface area (Å²) in [6.45, 7) is 6.48. The molecule has 0 bridgehead atoms. The molecule has 28 heavy (non-hydrogen) atoms. The molecule has 1 N–H and O–H groups in total. The molecule has 0 radical (unpaired) electrons. The Hall–Kier alpha value is -2.12. The van der Waals surface area contributed by atoms with Gasteiger partial charge in [-0.25, -0.2) is 4.98 Å². The van der Waals surface area contributed by atoms with Crippen molar-refractivity contribution in [1.29, 1.82) is 0 Å². The molecule has 3 aromatic rings. The fraction of sp³-hybridized carbons (Fsp3) is 0.381. The lowest BCUT2D eigenvalue weighted by Gasteiger charge is -2.13. The molecule has 0 aliphatic heterocycles. The Bertz CT molecular complexity index is 1010. The van der Waals surface area contributed by atoms with Gasteiger partial charge in [-0.2, -0.15) is 0 Å². The van der Waals surface area contributed by atoms with Crippen molar-refractivity contribution in [2.75, 3.05) is 5.75 Å². The molecule has 0 saturated heterocycles. The summed E-state index contributed by atoms with van der Waals surface area (Å²) in [5.74, 6) is 0.192. The molecule has 0 saturated carbocycles. The number of amides is 1. The normalized spacial score (nSPS) is 11.3. The van der Waals surface area contributed by atoms with Gasteiger partial charge in [-0.3, -0.25) is 14.2 Å². The third kappa shape index (κ3) is 5.02. The number of rotatable bonds is 8. The lowest BCUT2D eigenvalue weighted by molar-refractivity contribution is -0.119. The number of nitrogens with one attached hydrogen (secondary N) is 1. The third-order valence-corrected chi connectivity index (χ3v) is 6.41. The maximum atomic E-state index is 13.1. The average molecular weight is 416 g/mol. The van der Waals surface area contributed by atoms with Gasteiger partial charge in [0.15, 0.2) is 5.16 Å². The van der Waals surface area contributed by atoms with E-state index in [1.165, 1.54) is 17.3 Å². The van der Waals surface area contributed by atoms with Crippen LogP contribution in [0.15, 0.2) is 46.3 Å². The minimum Gasteiger partial charge on any atom is -0.353 e. The summed E-state index contributed by atoms with van der Waals surface area (Å²) in [4.78, 5) is 31.8. The number of thioether (sulfide) groups is 1. The first-order valence-electron chi connectivity index (χ1n) is 9.47. The van der Waals surface area contributed by atoms with Crippen molar-refractivity contribution in [2.45, 2.75) is 51.4 Å². The van der Waals surface area contributed by atoms with Gasteiger partial charge in [0.2, 0.25) is 5.91 Å². The molecule has 0 unspecified atom stereocenters. The van der Waals surface area contributed by atoms with Crippen LogP contribution in [0.5, 0.6) is 0 Å². The van der Waals surface area contributed by atoms with E-state index < -0.39 is 0 Å². The lowest BCUT2D eigenvalue weighted by Crippen LogP contribution is -2.32. The Kier molecular flexibility index (Phi) is 6.91. The smallest absolute Gasteiger partial charge is 0.262 e. The fourth-order valence-corrected chi connectivity index (χ4v) is 4.75. The molecule has 0 aliphatic rings. The summed E-state index contributed by atoms with van der Waals surface area (Å²) in [5, 5.41) is 4.16. The highest BCUT2D eigenvalue weighted by Crippen LogP contribution is 2.25. The average Bonchev–Trinajstić information content (AvgIpc) is 3.09. The van der Waals surface area contributed by atoms with Crippen LogP contribution in [0.1, 0.15) is 31.2 Å². The topological polar surface area (TPSA) is 64.0 Å². The number of fused-ring (bicyclic) bond motifs is 1. The van der Waals surface area contributed by atoms with E-state index in [0.717, 1.165) is 22.5 Å². The Morgan fingerprint density at radius 3 is 2.71 bits per heavy atom. The molecule has 1 aromatic carbocycles. The van der Waals surface area contributed by atoms with Gasteiger partial charge in [0.05, 0.1) is 11.1 Å². The van der Waals surface area contributed by atoms with Gasteiger partial charge in [0.25, 0.3) is 5.56 Å². The first kappa shape index (κ1) is 20.6. The van der Waals surface area contributed by atoms with E-state index in [2.05, 4.69) is 24.4 Å². The number of nitrogens with zero attached hydrogens (tertiary/aromatic N) is 2. The molecule has 3 rings (SSSR count). The van der Waals surface area contributed by atoms with Gasteiger partial charge in [0.1, 0.15) is 4.83 Å². The largest absolute Gasteiger partial charge is 0.353 e. The number of aryl methyl sites for hydroxylation is 2. The molecule has 1 amide bonds. The Balaban J connectivity index is 1.91. The maximum Gasteiger partial charge on any atom is 0.262 e. The highest BCUT2D eigenvalue weighted by atomic mass is 32.2. The predicted octanol–water partition coefficient (Wildman–Crippen LogP) is 3.88. The van der Waals surface area contributed by atoms with E-state index in [1.807, 2.05) is 38.1 Å². The molecule has 5 nitrogen and oxygen atoms in total. The molecule has 0 spiro atoms. The lowest BCUT2D eigenvalue weighted by atomic mass is 10.1. The zero-order valence-electron chi connectivity index (χ0n) is 16.4. The van der Waals surface area contributed by atoms with Crippen molar-refractivity contribution in [3.63, 3.8) is 0 Å². The van der Waals surface area contributed by atoms with Crippen molar-refractivity contribution in [2.24, 2.45) is 0 Å². The van der Waals surface area contributed by atoms with Crippen LogP contribution in [-0.4, -0.2) is 27.3 Å². The van der Waals surface area contributed by atoms with Crippen molar-refractivity contribution < 1.29 is 4.79 Å². The Morgan fingerprint density at radius 1 is 1.29 bits per heavy atom. The van der Waals surface area contributed by atoms with E-state index in [-0.39, 0.29) is 23.3 Å². The van der Waals surface area contributed by atoms with Gasteiger partial charge in [-0.1, -0.05) is 49.0 Å². The number of hydrogen-bond acceptors (Lipinski definition) is 5. The van der Waals surface area contributed by atoms with Gasteiger partial charge >= 0.3 is 0 Å². The Morgan fingerprint density at radius 2 is 2.04 bits per heavy atom. The van der Waals surface area contributed by atoms with Crippen LogP contribution in [0.4, 0.5) is 0 Å². The summed E-state index contributed by atoms with van der Waals surface area (Å²) >= 11 is 2.88. The molecule has 0 aliphatic carbocycles. The minimum absolute atomic E-state index is 0.0244. The molecule has 7 heteroatoms. The van der Waals surface area contributed by atoms with Gasteiger partial charge in [-0.15, -0.1) is 11.3 Å². The zero-order chi connectivity index (χ0) is 20.1. The molecular weight excluding hydrogens is 390 g/mol. The van der Waals surface area contributed by atoms with Crippen molar-refractivity contribution in [3.05, 3.63) is 57.2 Å². The van der Waals surface area contributed by atoms with Crippen LogP contribution < -0.4 is 10.9 Å². The van der Waals surface area contributed by atoms with Crippen LogP contribution in [0, 0.1) is 0 Å². The van der Waals surface area contributed by atoms with Crippen LogP contribution in [0.3, 0.4) is 0 Å². The molecule has 148 valence electrons. The number of benzene rings is 1. The quantitative estimate of drug-likeness (QED) is 0.448. The van der Waals surface area contributed by atoms with Crippen LogP contribution in [0.2, 0.25) is 0 Å².